The van der Waals surface area contributed by atoms with Gasteiger partial charge in [-0.3, -0.25) is 4.79 Å². The fraction of sp³-hybridized carbons (Fsp3) is 0.375. The molecule has 0 bridgehead atoms. The zero-order valence-corrected chi connectivity index (χ0v) is 15.3. The van der Waals surface area contributed by atoms with Gasteiger partial charge < -0.3 is 10.6 Å². The number of hydrogen-bond acceptors (Lipinski definition) is 4. The average Bonchev–Trinajstić information content (AvgIpc) is 2.99. The Kier molecular flexibility index (Phi) is 7.99. The molecule has 0 unspecified atom stereocenters. The lowest BCUT2D eigenvalue weighted by Gasteiger charge is -2.23. The lowest BCUT2D eigenvalue weighted by Crippen LogP contribution is -2.45. The van der Waals surface area contributed by atoms with Crippen molar-refractivity contribution in [2.75, 3.05) is 13.1 Å². The molecule has 2 N–H and O–H groups in total. The van der Waals surface area contributed by atoms with Gasteiger partial charge in [-0.15, -0.1) is 36.2 Å². The van der Waals surface area contributed by atoms with E-state index in [2.05, 4.69) is 34.7 Å². The number of rotatable bonds is 3. The molecule has 0 saturated carbocycles. The van der Waals surface area contributed by atoms with Crippen molar-refractivity contribution in [3.05, 3.63) is 40.9 Å². The first-order valence-corrected chi connectivity index (χ1v) is 8.14. The van der Waals surface area contributed by atoms with Crippen LogP contribution >= 0.6 is 36.2 Å². The van der Waals surface area contributed by atoms with Crippen molar-refractivity contribution in [3.63, 3.8) is 0 Å². The third kappa shape index (κ3) is 5.18. The minimum absolute atomic E-state index is 0. The highest BCUT2D eigenvalue weighted by atomic mass is 35.5. The maximum Gasteiger partial charge on any atom is 0.271 e. The quantitative estimate of drug-likeness (QED) is 0.865. The first-order valence-electron chi connectivity index (χ1n) is 7.26. The maximum atomic E-state index is 12.2. The summed E-state index contributed by atoms with van der Waals surface area (Å²) in [7, 11) is 0. The van der Waals surface area contributed by atoms with Crippen LogP contribution in [0, 0.1) is 6.92 Å². The number of nitrogens with zero attached hydrogens (tertiary/aromatic N) is 1. The largest absolute Gasteiger partial charge is 0.347 e. The number of nitrogens with one attached hydrogen (secondary N) is 2. The van der Waals surface area contributed by atoms with E-state index in [4.69, 9.17) is 0 Å². The van der Waals surface area contributed by atoms with Gasteiger partial charge >= 0.3 is 0 Å². The molecule has 1 fully saturated rings. The molecule has 0 radical (unpaired) electrons. The molecular formula is C16H21Cl2N3OS. The normalized spacial score (nSPS) is 16.8. The summed E-state index contributed by atoms with van der Waals surface area (Å²) in [5.41, 5.74) is 2.79. The van der Waals surface area contributed by atoms with Crippen LogP contribution in [0.4, 0.5) is 0 Å². The average molecular weight is 374 g/mol. The summed E-state index contributed by atoms with van der Waals surface area (Å²) < 4.78 is 0. The van der Waals surface area contributed by atoms with E-state index in [1.165, 1.54) is 16.9 Å². The monoisotopic (exact) mass is 373 g/mol. The Bertz CT molecular complexity index is 625. The highest BCUT2D eigenvalue weighted by Crippen LogP contribution is 2.24. The van der Waals surface area contributed by atoms with Gasteiger partial charge in [0.25, 0.3) is 5.91 Å². The number of amides is 1. The van der Waals surface area contributed by atoms with E-state index in [0.717, 1.165) is 36.5 Å². The number of carbonyl (C=O) groups is 1. The van der Waals surface area contributed by atoms with Gasteiger partial charge in [-0.1, -0.05) is 29.8 Å². The Hall–Kier alpha value is -1.14. The summed E-state index contributed by atoms with van der Waals surface area (Å²) in [6.45, 7) is 3.95. The third-order valence-electron chi connectivity index (χ3n) is 3.67. The summed E-state index contributed by atoms with van der Waals surface area (Å²) >= 11 is 1.51. The molecule has 4 nitrogen and oxygen atoms in total. The van der Waals surface area contributed by atoms with Crippen molar-refractivity contribution in [2.45, 2.75) is 25.8 Å². The van der Waals surface area contributed by atoms with Gasteiger partial charge in [0.15, 0.2) is 0 Å². The Morgan fingerprint density at radius 3 is 2.70 bits per heavy atom. The van der Waals surface area contributed by atoms with E-state index in [-0.39, 0.29) is 36.8 Å². The van der Waals surface area contributed by atoms with Crippen molar-refractivity contribution in [1.29, 1.82) is 0 Å². The van der Waals surface area contributed by atoms with Crippen LogP contribution in [0.5, 0.6) is 0 Å². The number of thiazole rings is 1. The topological polar surface area (TPSA) is 54.0 Å². The molecule has 1 atom stereocenters. The maximum absolute atomic E-state index is 12.2. The van der Waals surface area contributed by atoms with Gasteiger partial charge in [0.2, 0.25) is 0 Å². The molecular weight excluding hydrogens is 353 g/mol. The second-order valence-corrected chi connectivity index (χ2v) is 6.28. The van der Waals surface area contributed by atoms with Crippen molar-refractivity contribution < 1.29 is 4.79 Å². The Balaban J connectivity index is 0.00000132. The second kappa shape index (κ2) is 9.23. The van der Waals surface area contributed by atoms with Crippen LogP contribution in [0.3, 0.4) is 0 Å². The van der Waals surface area contributed by atoms with E-state index >= 15 is 0 Å². The Morgan fingerprint density at radius 1 is 1.30 bits per heavy atom. The summed E-state index contributed by atoms with van der Waals surface area (Å²) in [6.07, 6.45) is 2.14. The van der Waals surface area contributed by atoms with E-state index in [1.54, 1.807) is 0 Å². The van der Waals surface area contributed by atoms with Gasteiger partial charge in [0.05, 0.1) is 0 Å². The van der Waals surface area contributed by atoms with E-state index in [9.17, 15) is 4.79 Å². The van der Waals surface area contributed by atoms with E-state index in [1.807, 2.05) is 17.5 Å². The number of halogens is 2. The van der Waals surface area contributed by atoms with Crippen LogP contribution < -0.4 is 10.6 Å². The third-order valence-corrected chi connectivity index (χ3v) is 4.56. The predicted molar refractivity (Wildman–Crippen MR) is 100 cm³/mol. The van der Waals surface area contributed by atoms with Crippen LogP contribution in [-0.2, 0) is 0 Å². The predicted octanol–water partition coefficient (Wildman–Crippen LogP) is 3.44. The van der Waals surface area contributed by atoms with Crippen LogP contribution in [0.2, 0.25) is 0 Å². The number of benzene rings is 1. The molecule has 0 aliphatic carbocycles. The molecule has 126 valence electrons. The smallest absolute Gasteiger partial charge is 0.271 e. The van der Waals surface area contributed by atoms with Crippen molar-refractivity contribution >= 4 is 42.1 Å². The first kappa shape index (κ1) is 19.9. The molecule has 23 heavy (non-hydrogen) atoms. The van der Waals surface area contributed by atoms with Crippen molar-refractivity contribution in [2.24, 2.45) is 0 Å². The zero-order valence-electron chi connectivity index (χ0n) is 12.9. The molecule has 3 rings (SSSR count). The Labute approximate surface area is 152 Å². The number of aromatic nitrogens is 1. The van der Waals surface area contributed by atoms with Gasteiger partial charge in [0, 0.05) is 23.5 Å². The molecule has 0 spiro atoms. The molecule has 1 aromatic heterocycles. The fourth-order valence-electron chi connectivity index (χ4n) is 2.44. The molecule has 1 amide bonds. The van der Waals surface area contributed by atoms with E-state index < -0.39 is 0 Å². The zero-order chi connectivity index (χ0) is 14.7. The molecule has 1 aliphatic rings. The summed E-state index contributed by atoms with van der Waals surface area (Å²) in [5, 5.41) is 9.07. The summed E-state index contributed by atoms with van der Waals surface area (Å²) in [6, 6.07) is 8.42. The van der Waals surface area contributed by atoms with Crippen LogP contribution in [-0.4, -0.2) is 30.0 Å². The summed E-state index contributed by atoms with van der Waals surface area (Å²) in [5.74, 6) is -0.0710. The van der Waals surface area contributed by atoms with Gasteiger partial charge in [0.1, 0.15) is 10.7 Å². The second-order valence-electron chi connectivity index (χ2n) is 5.42. The standard InChI is InChI=1S/C16H19N3OS.2ClH/c1-11-4-6-12(7-5-11)16-19-14(10-21-16)15(20)18-13-3-2-8-17-9-13;;/h4-7,10,13,17H,2-3,8-9H2,1H3,(H,18,20);2*1H/t13-;;/m0../s1. The first-order chi connectivity index (χ1) is 10.2. The highest BCUT2D eigenvalue weighted by molar-refractivity contribution is 7.13. The number of hydrogen-bond donors (Lipinski definition) is 2. The van der Waals surface area contributed by atoms with Gasteiger partial charge in [-0.05, 0) is 26.3 Å². The van der Waals surface area contributed by atoms with Crippen molar-refractivity contribution in [1.82, 2.24) is 15.6 Å². The summed E-state index contributed by atoms with van der Waals surface area (Å²) in [4.78, 5) is 16.7. The molecule has 1 saturated heterocycles. The van der Waals surface area contributed by atoms with Crippen LogP contribution in [0.15, 0.2) is 29.6 Å². The molecule has 2 heterocycles. The van der Waals surface area contributed by atoms with Crippen LogP contribution in [0.25, 0.3) is 10.6 Å². The van der Waals surface area contributed by atoms with Gasteiger partial charge in [-0.25, -0.2) is 4.98 Å². The highest BCUT2D eigenvalue weighted by Gasteiger charge is 2.18. The Morgan fingerprint density at radius 2 is 2.04 bits per heavy atom. The minimum Gasteiger partial charge on any atom is -0.347 e. The lowest BCUT2D eigenvalue weighted by molar-refractivity contribution is 0.0926. The molecule has 1 aliphatic heterocycles. The number of aryl methyl sites for hydroxylation is 1. The van der Waals surface area contributed by atoms with Crippen molar-refractivity contribution in [3.8, 4) is 10.6 Å². The van der Waals surface area contributed by atoms with Gasteiger partial charge in [-0.2, -0.15) is 0 Å². The molecule has 1 aromatic carbocycles. The number of piperidine rings is 1. The molecule has 2 aromatic rings. The molecule has 7 heteroatoms. The van der Waals surface area contributed by atoms with E-state index in [0.29, 0.717) is 5.69 Å². The fourth-order valence-corrected chi connectivity index (χ4v) is 3.25. The number of carbonyl (C=O) groups excluding carboxylic acids is 1. The lowest BCUT2D eigenvalue weighted by atomic mass is 10.1. The SMILES string of the molecule is Cc1ccc(-c2nc(C(=O)N[C@H]3CCCNC3)cs2)cc1.Cl.Cl. The minimum atomic E-state index is -0.0710. The van der Waals surface area contributed by atoms with Crippen LogP contribution in [0.1, 0.15) is 28.9 Å².